The van der Waals surface area contributed by atoms with Gasteiger partial charge in [-0.1, -0.05) is 17.7 Å². The summed E-state index contributed by atoms with van der Waals surface area (Å²) in [6.07, 6.45) is 0.593. The molecule has 0 saturated carbocycles. The lowest BCUT2D eigenvalue weighted by Crippen LogP contribution is -2.13. The molecule has 1 aliphatic rings. The number of rotatable bonds is 3. The van der Waals surface area contributed by atoms with Crippen molar-refractivity contribution in [2.75, 3.05) is 6.61 Å². The van der Waals surface area contributed by atoms with Gasteiger partial charge in [-0.15, -0.1) is 0 Å². The highest BCUT2D eigenvalue weighted by Crippen LogP contribution is 2.28. The highest BCUT2D eigenvalue weighted by atomic mass is 32.2. The molecule has 0 aromatic heterocycles. The van der Waals surface area contributed by atoms with Gasteiger partial charge in [0.1, 0.15) is 0 Å². The molecule has 6 heteroatoms. The minimum atomic E-state index is -3.66. The predicted octanol–water partition coefficient (Wildman–Crippen LogP) is 2.09. The average Bonchev–Trinajstić information content (AvgIpc) is 2.70. The Balaban J connectivity index is 2.14. The van der Waals surface area contributed by atoms with E-state index in [1.807, 2.05) is 6.92 Å². The first-order valence-electron chi connectivity index (χ1n) is 4.86. The van der Waals surface area contributed by atoms with E-state index in [4.69, 9.17) is 8.37 Å². The van der Waals surface area contributed by atoms with Crippen LogP contribution in [0.25, 0.3) is 0 Å². The zero-order valence-corrected chi connectivity index (χ0v) is 10.4. The van der Waals surface area contributed by atoms with Crippen LogP contribution in [0.3, 0.4) is 0 Å². The molecule has 0 N–H and O–H groups in total. The first-order chi connectivity index (χ1) is 7.58. The van der Waals surface area contributed by atoms with Crippen LogP contribution in [0, 0.1) is 6.92 Å². The molecule has 1 heterocycles. The molecule has 0 bridgehead atoms. The second-order valence-corrected chi connectivity index (χ2v) is 6.03. The van der Waals surface area contributed by atoms with Crippen LogP contribution in [-0.2, 0) is 18.5 Å². The first-order valence-corrected chi connectivity index (χ1v) is 7.07. The van der Waals surface area contributed by atoms with E-state index in [0.717, 1.165) is 17.6 Å². The third-order valence-corrected chi connectivity index (χ3v) is 4.46. The van der Waals surface area contributed by atoms with Crippen LogP contribution < -0.4 is 0 Å². The minimum absolute atomic E-state index is 0.186. The number of aryl methyl sites for hydroxylation is 1. The van der Waals surface area contributed by atoms with Gasteiger partial charge in [0.2, 0.25) is 0 Å². The molecule has 1 saturated heterocycles. The molecule has 88 valence electrons. The molecular weight excluding hydrogens is 248 g/mol. The second kappa shape index (κ2) is 4.75. The average molecular weight is 260 g/mol. The van der Waals surface area contributed by atoms with Crippen molar-refractivity contribution >= 4 is 22.2 Å². The van der Waals surface area contributed by atoms with Crippen molar-refractivity contribution in [2.45, 2.75) is 23.7 Å². The Hall–Kier alpha value is -0.560. The topological polar surface area (TPSA) is 52.6 Å². The van der Waals surface area contributed by atoms with Crippen LogP contribution in [0.2, 0.25) is 0 Å². The van der Waals surface area contributed by atoms with Gasteiger partial charge in [0.15, 0.2) is 5.44 Å². The van der Waals surface area contributed by atoms with Gasteiger partial charge in [-0.05, 0) is 19.1 Å². The lowest BCUT2D eigenvalue weighted by molar-refractivity contribution is 0.284. The maximum atomic E-state index is 11.8. The van der Waals surface area contributed by atoms with E-state index in [1.54, 1.807) is 24.3 Å². The predicted molar refractivity (Wildman–Crippen MR) is 61.4 cm³/mol. The molecule has 16 heavy (non-hydrogen) atoms. The highest BCUT2D eigenvalue weighted by Gasteiger charge is 2.26. The molecule has 1 unspecified atom stereocenters. The van der Waals surface area contributed by atoms with Gasteiger partial charge in [0.05, 0.1) is 11.5 Å². The largest absolute Gasteiger partial charge is 0.313 e. The summed E-state index contributed by atoms with van der Waals surface area (Å²) in [6, 6.07) is 6.58. The van der Waals surface area contributed by atoms with E-state index in [-0.39, 0.29) is 4.90 Å². The van der Waals surface area contributed by atoms with Crippen LogP contribution >= 0.6 is 12.0 Å². The summed E-state index contributed by atoms with van der Waals surface area (Å²) in [4.78, 5) is 0.186. The van der Waals surface area contributed by atoms with E-state index in [9.17, 15) is 8.42 Å². The molecule has 0 amide bonds. The standard InChI is InChI=1S/C10H12O4S2/c1-8-2-4-9(5-3-8)16(11,12)14-10-6-7-13-15-10/h2-5,10H,6-7H2,1H3. The lowest BCUT2D eigenvalue weighted by atomic mass is 10.2. The maximum Gasteiger partial charge on any atom is 0.298 e. The fourth-order valence-corrected chi connectivity index (χ4v) is 3.22. The Morgan fingerprint density at radius 2 is 2.06 bits per heavy atom. The number of hydrogen-bond donors (Lipinski definition) is 0. The van der Waals surface area contributed by atoms with Crippen molar-refractivity contribution in [3.63, 3.8) is 0 Å². The summed E-state index contributed by atoms with van der Waals surface area (Å²) in [5.74, 6) is 0. The van der Waals surface area contributed by atoms with Crippen molar-refractivity contribution in [3.8, 4) is 0 Å². The van der Waals surface area contributed by atoms with Crippen molar-refractivity contribution in [3.05, 3.63) is 29.8 Å². The summed E-state index contributed by atoms with van der Waals surface area (Å²) >= 11 is 1.07. The third kappa shape index (κ3) is 2.76. The molecular formula is C10H12O4S2. The molecule has 0 radical (unpaired) electrons. The van der Waals surface area contributed by atoms with Gasteiger partial charge < -0.3 is 4.18 Å². The fourth-order valence-electron chi connectivity index (χ4n) is 1.28. The molecule has 2 rings (SSSR count). The van der Waals surface area contributed by atoms with Gasteiger partial charge in [-0.25, -0.2) is 4.18 Å². The van der Waals surface area contributed by atoms with Crippen molar-refractivity contribution in [1.82, 2.24) is 0 Å². The molecule has 1 aromatic rings. The SMILES string of the molecule is Cc1ccc(S(=O)(=O)OC2CCOS2)cc1. The highest BCUT2D eigenvalue weighted by molar-refractivity contribution is 7.96. The van der Waals surface area contributed by atoms with Crippen molar-refractivity contribution in [1.29, 1.82) is 0 Å². The Kier molecular flexibility index (Phi) is 3.53. The number of benzene rings is 1. The molecule has 1 fully saturated rings. The maximum absolute atomic E-state index is 11.8. The quantitative estimate of drug-likeness (QED) is 0.615. The van der Waals surface area contributed by atoms with Gasteiger partial charge >= 0.3 is 0 Å². The van der Waals surface area contributed by atoms with Crippen molar-refractivity contribution < 1.29 is 16.8 Å². The molecule has 4 nitrogen and oxygen atoms in total. The monoisotopic (exact) mass is 260 g/mol. The minimum Gasteiger partial charge on any atom is -0.313 e. The third-order valence-electron chi connectivity index (χ3n) is 2.16. The fraction of sp³-hybridized carbons (Fsp3) is 0.400. The smallest absolute Gasteiger partial charge is 0.298 e. The van der Waals surface area contributed by atoms with Crippen LogP contribution in [0.15, 0.2) is 29.2 Å². The zero-order chi connectivity index (χ0) is 11.6. The van der Waals surface area contributed by atoms with Crippen LogP contribution in [0.4, 0.5) is 0 Å². The second-order valence-electron chi connectivity index (χ2n) is 3.50. The summed E-state index contributed by atoms with van der Waals surface area (Å²) in [5.41, 5.74) is 0.587. The van der Waals surface area contributed by atoms with E-state index in [2.05, 4.69) is 0 Å². The molecule has 1 aromatic carbocycles. The molecule has 1 atom stereocenters. The van der Waals surface area contributed by atoms with Gasteiger partial charge in [-0.2, -0.15) is 8.42 Å². The van der Waals surface area contributed by atoms with E-state index >= 15 is 0 Å². The number of hydrogen-bond acceptors (Lipinski definition) is 5. The molecule has 1 aliphatic heterocycles. The summed E-state index contributed by atoms with van der Waals surface area (Å²) in [7, 11) is -3.66. The molecule has 0 aliphatic carbocycles. The Bertz CT molecular complexity index is 446. The van der Waals surface area contributed by atoms with E-state index < -0.39 is 15.6 Å². The Morgan fingerprint density at radius 3 is 2.62 bits per heavy atom. The Labute approximate surface area is 99.3 Å². The summed E-state index contributed by atoms with van der Waals surface area (Å²) in [5, 5.41) is 0. The summed E-state index contributed by atoms with van der Waals surface area (Å²) < 4.78 is 33.6. The van der Waals surface area contributed by atoms with Gasteiger partial charge in [-0.3, -0.25) is 0 Å². The van der Waals surface area contributed by atoms with Crippen LogP contribution in [0.1, 0.15) is 12.0 Å². The van der Waals surface area contributed by atoms with E-state index in [0.29, 0.717) is 13.0 Å². The Morgan fingerprint density at radius 1 is 1.38 bits per heavy atom. The zero-order valence-electron chi connectivity index (χ0n) is 8.75. The van der Waals surface area contributed by atoms with Gasteiger partial charge in [0, 0.05) is 18.5 Å². The normalized spacial score (nSPS) is 21.2. The first kappa shape index (κ1) is 11.9. The van der Waals surface area contributed by atoms with Gasteiger partial charge in [0.25, 0.3) is 10.1 Å². The lowest BCUT2D eigenvalue weighted by Gasteiger charge is -2.09. The van der Waals surface area contributed by atoms with Crippen LogP contribution in [-0.4, -0.2) is 20.5 Å². The van der Waals surface area contributed by atoms with Crippen LogP contribution in [0.5, 0.6) is 0 Å². The molecule has 0 spiro atoms. The summed E-state index contributed by atoms with van der Waals surface area (Å²) in [6.45, 7) is 2.43. The van der Waals surface area contributed by atoms with Crippen molar-refractivity contribution in [2.24, 2.45) is 0 Å². The van der Waals surface area contributed by atoms with E-state index in [1.165, 1.54) is 0 Å².